The van der Waals surface area contributed by atoms with E-state index in [0.717, 1.165) is 21.6 Å². The third kappa shape index (κ3) is 4.46. The largest absolute Gasteiger partial charge is 0.333 e. The summed E-state index contributed by atoms with van der Waals surface area (Å²) in [5, 5.41) is 0. The molecule has 0 aliphatic rings. The Labute approximate surface area is 175 Å². The monoisotopic (exact) mass is 423 g/mol. The Morgan fingerprint density at radius 1 is 0.966 bits per heavy atom. The first kappa shape index (κ1) is 19.5. The fourth-order valence-electron chi connectivity index (χ4n) is 3.01. The number of thioether (sulfide) groups is 1. The highest BCUT2D eigenvalue weighted by atomic mass is 32.2. The molecule has 0 unspecified atom stereocenters. The number of aryl methyl sites for hydroxylation is 1. The molecular formula is C22H21N3O2S2. The molecule has 0 bridgehead atoms. The molecule has 2 aromatic heterocycles. The van der Waals surface area contributed by atoms with E-state index in [9.17, 15) is 8.42 Å². The Kier molecular flexibility index (Phi) is 5.60. The van der Waals surface area contributed by atoms with Crippen molar-refractivity contribution in [2.24, 2.45) is 0 Å². The summed E-state index contributed by atoms with van der Waals surface area (Å²) in [6.45, 7) is 2.51. The van der Waals surface area contributed by atoms with Gasteiger partial charge in [0.1, 0.15) is 0 Å². The number of hydrogen-bond donors (Lipinski definition) is 0. The fourth-order valence-corrected chi connectivity index (χ4v) is 5.20. The van der Waals surface area contributed by atoms with Crippen LogP contribution in [0.1, 0.15) is 16.7 Å². The van der Waals surface area contributed by atoms with Crippen LogP contribution in [0.15, 0.2) is 95.5 Å². The van der Waals surface area contributed by atoms with Crippen LogP contribution >= 0.6 is 11.8 Å². The first-order valence-corrected chi connectivity index (χ1v) is 11.6. The van der Waals surface area contributed by atoms with Crippen molar-refractivity contribution in [3.63, 3.8) is 0 Å². The Morgan fingerprint density at radius 3 is 2.38 bits per heavy atom. The summed E-state index contributed by atoms with van der Waals surface area (Å²) in [5.41, 5.74) is 2.97. The molecule has 2 aromatic carbocycles. The van der Waals surface area contributed by atoms with Gasteiger partial charge in [-0.15, -0.1) is 11.8 Å². The fraction of sp³-hybridized carbons (Fsp3) is 0.136. The molecule has 7 heteroatoms. The predicted molar refractivity (Wildman–Crippen MR) is 116 cm³/mol. The van der Waals surface area contributed by atoms with Crippen molar-refractivity contribution >= 4 is 21.8 Å². The second-order valence-corrected chi connectivity index (χ2v) is 9.69. The van der Waals surface area contributed by atoms with Crippen molar-refractivity contribution < 1.29 is 8.42 Å². The van der Waals surface area contributed by atoms with E-state index in [-0.39, 0.29) is 4.90 Å². The summed E-state index contributed by atoms with van der Waals surface area (Å²) in [4.78, 5) is 5.52. The van der Waals surface area contributed by atoms with Gasteiger partial charge in [0.25, 0.3) is 10.0 Å². The van der Waals surface area contributed by atoms with Crippen LogP contribution in [0.3, 0.4) is 0 Å². The molecule has 4 aromatic rings. The standard InChI is InChI=1S/C22H21N3O2S2/c1-18-7-9-22(10-8-18)29(26,27)25-14-19(13-24-12-11-23-17-24)20(15-25)16-28-21-5-3-2-4-6-21/h2-12,14-15,17H,13,16H2,1H3. The van der Waals surface area contributed by atoms with Crippen LogP contribution in [0.4, 0.5) is 0 Å². The van der Waals surface area contributed by atoms with Crippen LogP contribution in [0, 0.1) is 6.92 Å². The van der Waals surface area contributed by atoms with Gasteiger partial charge in [-0.1, -0.05) is 35.9 Å². The van der Waals surface area contributed by atoms with E-state index < -0.39 is 10.0 Å². The van der Waals surface area contributed by atoms with Gasteiger partial charge in [-0.3, -0.25) is 0 Å². The van der Waals surface area contributed by atoms with Crippen LogP contribution < -0.4 is 0 Å². The molecule has 4 rings (SSSR count). The first-order chi connectivity index (χ1) is 14.0. The first-order valence-electron chi connectivity index (χ1n) is 9.18. The Hall–Kier alpha value is -2.77. The summed E-state index contributed by atoms with van der Waals surface area (Å²) in [6.07, 6.45) is 8.78. The molecule has 0 saturated carbocycles. The van der Waals surface area contributed by atoms with Crippen molar-refractivity contribution in [3.8, 4) is 0 Å². The molecule has 5 nitrogen and oxygen atoms in total. The zero-order valence-electron chi connectivity index (χ0n) is 16.0. The van der Waals surface area contributed by atoms with Crippen LogP contribution in [0.2, 0.25) is 0 Å². The third-order valence-corrected chi connectivity index (χ3v) is 7.32. The molecule has 0 N–H and O–H groups in total. The molecule has 0 amide bonds. The molecule has 0 atom stereocenters. The maximum absolute atomic E-state index is 13.1. The van der Waals surface area contributed by atoms with Gasteiger partial charge in [0, 0.05) is 35.4 Å². The van der Waals surface area contributed by atoms with Crippen molar-refractivity contribution in [3.05, 3.63) is 102 Å². The molecule has 0 fully saturated rings. The Morgan fingerprint density at radius 2 is 1.69 bits per heavy atom. The van der Waals surface area contributed by atoms with E-state index in [1.807, 2.05) is 48.0 Å². The van der Waals surface area contributed by atoms with Crippen molar-refractivity contribution in [1.29, 1.82) is 0 Å². The molecule has 0 saturated heterocycles. The summed E-state index contributed by atoms with van der Waals surface area (Å²) < 4.78 is 29.5. The van der Waals surface area contributed by atoms with E-state index in [2.05, 4.69) is 17.1 Å². The number of imidazole rings is 1. The van der Waals surface area contributed by atoms with Crippen LogP contribution in [0.5, 0.6) is 0 Å². The molecule has 0 radical (unpaired) electrons. The third-order valence-electron chi connectivity index (χ3n) is 4.62. The highest BCUT2D eigenvalue weighted by molar-refractivity contribution is 7.98. The van der Waals surface area contributed by atoms with E-state index in [0.29, 0.717) is 12.3 Å². The van der Waals surface area contributed by atoms with Gasteiger partial charge < -0.3 is 4.57 Å². The van der Waals surface area contributed by atoms with E-state index in [4.69, 9.17) is 0 Å². The lowest BCUT2D eigenvalue weighted by Gasteiger charge is -2.06. The summed E-state index contributed by atoms with van der Waals surface area (Å²) in [6, 6.07) is 17.0. The Bertz CT molecular complexity index is 1180. The minimum Gasteiger partial charge on any atom is -0.333 e. The lowest BCUT2D eigenvalue weighted by atomic mass is 10.2. The van der Waals surface area contributed by atoms with E-state index in [1.54, 1.807) is 48.8 Å². The van der Waals surface area contributed by atoms with Crippen LogP contribution in [0.25, 0.3) is 0 Å². The maximum Gasteiger partial charge on any atom is 0.267 e. The molecule has 0 aliphatic heterocycles. The molecule has 29 heavy (non-hydrogen) atoms. The van der Waals surface area contributed by atoms with Gasteiger partial charge in [0.15, 0.2) is 0 Å². The molecule has 0 spiro atoms. The number of hydrogen-bond acceptors (Lipinski definition) is 4. The average molecular weight is 424 g/mol. The van der Waals surface area contributed by atoms with E-state index >= 15 is 0 Å². The number of aromatic nitrogens is 3. The summed E-state index contributed by atoms with van der Waals surface area (Å²) in [7, 11) is -3.64. The van der Waals surface area contributed by atoms with Crippen LogP contribution in [-0.2, 0) is 22.3 Å². The summed E-state index contributed by atoms with van der Waals surface area (Å²) >= 11 is 1.69. The van der Waals surface area contributed by atoms with Gasteiger partial charge in [-0.05, 0) is 42.3 Å². The van der Waals surface area contributed by atoms with E-state index in [1.165, 1.54) is 3.97 Å². The number of nitrogens with zero attached hydrogens (tertiary/aromatic N) is 3. The van der Waals surface area contributed by atoms with Crippen molar-refractivity contribution in [1.82, 2.24) is 13.5 Å². The lowest BCUT2D eigenvalue weighted by molar-refractivity contribution is 0.587. The maximum atomic E-state index is 13.1. The SMILES string of the molecule is Cc1ccc(S(=O)(=O)n2cc(CSc3ccccc3)c(Cn3ccnc3)c2)cc1. The average Bonchev–Trinajstić information content (AvgIpc) is 3.38. The normalized spacial score (nSPS) is 11.6. The molecule has 148 valence electrons. The minimum absolute atomic E-state index is 0.287. The van der Waals surface area contributed by atoms with Gasteiger partial charge in [0.05, 0.1) is 17.8 Å². The zero-order valence-corrected chi connectivity index (χ0v) is 17.6. The van der Waals surface area contributed by atoms with Crippen molar-refractivity contribution in [2.75, 3.05) is 0 Å². The van der Waals surface area contributed by atoms with Crippen LogP contribution in [-0.4, -0.2) is 21.9 Å². The Balaban J connectivity index is 1.67. The molecular weight excluding hydrogens is 402 g/mol. The second kappa shape index (κ2) is 8.31. The van der Waals surface area contributed by atoms with Gasteiger partial charge >= 0.3 is 0 Å². The number of rotatable bonds is 7. The topological polar surface area (TPSA) is 56.9 Å². The van der Waals surface area contributed by atoms with Gasteiger partial charge in [-0.25, -0.2) is 17.4 Å². The molecule has 2 heterocycles. The smallest absolute Gasteiger partial charge is 0.267 e. The minimum atomic E-state index is -3.64. The molecule has 0 aliphatic carbocycles. The highest BCUT2D eigenvalue weighted by Gasteiger charge is 2.19. The second-order valence-electron chi connectivity index (χ2n) is 6.79. The zero-order chi connectivity index (χ0) is 20.3. The van der Waals surface area contributed by atoms with Gasteiger partial charge in [0.2, 0.25) is 0 Å². The predicted octanol–water partition coefficient (Wildman–Crippen LogP) is 4.57. The lowest BCUT2D eigenvalue weighted by Crippen LogP contribution is -2.11. The quantitative estimate of drug-likeness (QED) is 0.409. The van der Waals surface area contributed by atoms with Gasteiger partial charge in [-0.2, -0.15) is 0 Å². The van der Waals surface area contributed by atoms with Crippen molar-refractivity contribution in [2.45, 2.75) is 29.0 Å². The number of benzene rings is 2. The summed E-state index contributed by atoms with van der Waals surface area (Å²) in [5.74, 6) is 0.685. The highest BCUT2D eigenvalue weighted by Crippen LogP contribution is 2.27.